The number of aromatic nitrogens is 4. The average molecular weight is 549 g/mol. The van der Waals surface area contributed by atoms with Gasteiger partial charge in [-0.25, -0.2) is 4.98 Å². The number of nitrogens with two attached hydrogens (primary N) is 1. The van der Waals surface area contributed by atoms with E-state index in [1.54, 1.807) is 4.68 Å². The molecule has 210 valence electrons. The number of pyridine rings is 1. The third-order valence-electron chi connectivity index (χ3n) is 8.81. The molecule has 9 nitrogen and oxygen atoms in total. The lowest BCUT2D eigenvalue weighted by Crippen LogP contribution is -2.40. The number of likely N-dealkylation sites (N-methyl/N-ethyl adjacent to an activating group) is 1. The van der Waals surface area contributed by atoms with Crippen molar-refractivity contribution in [1.29, 1.82) is 0 Å². The number of amides is 1. The van der Waals surface area contributed by atoms with Gasteiger partial charge in [0.25, 0.3) is 0 Å². The van der Waals surface area contributed by atoms with Crippen molar-refractivity contribution in [1.82, 2.24) is 29.5 Å². The Labute approximate surface area is 240 Å². The molecule has 8 rings (SSSR count). The van der Waals surface area contributed by atoms with E-state index in [1.165, 1.54) is 53.6 Å². The average Bonchev–Trinajstić information content (AvgIpc) is 3.36. The van der Waals surface area contributed by atoms with Crippen LogP contribution in [-0.4, -0.2) is 62.6 Å². The lowest BCUT2D eigenvalue weighted by molar-refractivity contribution is -0.132. The molecule has 2 bridgehead atoms. The van der Waals surface area contributed by atoms with Crippen LogP contribution in [0.1, 0.15) is 59.9 Å². The van der Waals surface area contributed by atoms with Crippen LogP contribution in [0.15, 0.2) is 54.6 Å². The molecule has 0 unspecified atom stereocenters. The monoisotopic (exact) mass is 548 g/mol. The smallest absolute Gasteiger partial charge is 0.248 e. The first-order chi connectivity index (χ1) is 19.9. The van der Waals surface area contributed by atoms with Crippen molar-refractivity contribution in [2.24, 2.45) is 0 Å². The van der Waals surface area contributed by atoms with Gasteiger partial charge in [-0.2, -0.15) is 9.67 Å². The molecular formula is C32H36N8O. The number of carbonyl (C=O) groups is 1. The maximum atomic E-state index is 12.6. The number of nitrogens with zero attached hydrogens (tertiary/aromatic N) is 6. The number of rotatable bonds is 6. The van der Waals surface area contributed by atoms with Crippen LogP contribution in [-0.2, 0) is 17.8 Å². The van der Waals surface area contributed by atoms with E-state index in [0.717, 1.165) is 24.2 Å². The van der Waals surface area contributed by atoms with E-state index in [-0.39, 0.29) is 5.91 Å². The normalized spacial score (nSPS) is 19.2. The Balaban J connectivity index is 1.19. The van der Waals surface area contributed by atoms with Crippen LogP contribution in [0.25, 0.3) is 16.9 Å². The van der Waals surface area contributed by atoms with Crippen LogP contribution in [0.2, 0.25) is 0 Å². The molecule has 0 spiro atoms. The van der Waals surface area contributed by atoms with Gasteiger partial charge in [0.1, 0.15) is 0 Å². The van der Waals surface area contributed by atoms with E-state index < -0.39 is 0 Å². The quantitative estimate of drug-likeness (QED) is 0.355. The Hall–Kier alpha value is -4.24. The SMILES string of the molecule is CN(C)CC(=O)N1CCc2ccc(Nc3nc(N)n(-c4cc(-c5ccccc5)c5c(n4)C4CCC5CC4)n3)cc2C1. The molecule has 2 aromatic heterocycles. The number of anilines is 3. The number of nitrogen functional groups attached to an aromatic ring is 1. The Morgan fingerprint density at radius 1 is 1.00 bits per heavy atom. The van der Waals surface area contributed by atoms with Gasteiger partial charge in [-0.3, -0.25) is 4.79 Å². The summed E-state index contributed by atoms with van der Waals surface area (Å²) in [5.74, 6) is 2.61. The molecule has 1 aliphatic heterocycles. The van der Waals surface area contributed by atoms with Gasteiger partial charge >= 0.3 is 0 Å². The summed E-state index contributed by atoms with van der Waals surface area (Å²) in [4.78, 5) is 26.2. The van der Waals surface area contributed by atoms with Crippen molar-refractivity contribution in [3.8, 4) is 16.9 Å². The predicted molar refractivity (Wildman–Crippen MR) is 160 cm³/mol. The van der Waals surface area contributed by atoms with E-state index in [2.05, 4.69) is 58.8 Å². The number of fused-ring (bicyclic) bond motifs is 3. The molecule has 1 amide bonds. The standard InChI is InChI=1S/C32H36N8O/c1-38(2)19-28(41)39-15-14-20-12-13-25(16-24(20)18-39)34-32-36-31(33)40(37-32)27-17-26(21-6-4-3-5-7-21)29-22-8-10-23(11-9-22)30(29)35-27/h3-7,12-13,16-17,22-23H,8-11,14-15,18-19H2,1-2H3,(H3,33,34,36,37). The van der Waals surface area contributed by atoms with Crippen molar-refractivity contribution in [2.75, 3.05) is 38.2 Å². The molecule has 4 aliphatic rings. The summed E-state index contributed by atoms with van der Waals surface area (Å²) in [7, 11) is 3.84. The zero-order chi connectivity index (χ0) is 28.1. The molecule has 0 saturated heterocycles. The molecule has 4 aromatic rings. The Morgan fingerprint density at radius 3 is 2.56 bits per heavy atom. The second kappa shape index (κ2) is 10.3. The molecular weight excluding hydrogens is 512 g/mol. The van der Waals surface area contributed by atoms with Crippen LogP contribution in [0.3, 0.4) is 0 Å². The van der Waals surface area contributed by atoms with Crippen molar-refractivity contribution < 1.29 is 4.79 Å². The fourth-order valence-corrected chi connectivity index (χ4v) is 6.81. The van der Waals surface area contributed by atoms with Gasteiger partial charge in [0.05, 0.1) is 12.2 Å². The summed E-state index contributed by atoms with van der Waals surface area (Å²) in [5.41, 5.74) is 14.7. The zero-order valence-electron chi connectivity index (χ0n) is 23.7. The third kappa shape index (κ3) is 4.84. The van der Waals surface area contributed by atoms with Crippen molar-refractivity contribution in [2.45, 2.75) is 50.5 Å². The summed E-state index contributed by atoms with van der Waals surface area (Å²) in [6.45, 7) is 1.76. The molecule has 1 fully saturated rings. The minimum atomic E-state index is 0.146. The summed E-state index contributed by atoms with van der Waals surface area (Å²) in [6, 6.07) is 18.9. The highest BCUT2D eigenvalue weighted by Gasteiger charge is 2.36. The Bertz CT molecular complexity index is 1600. The molecule has 9 heteroatoms. The first kappa shape index (κ1) is 25.7. The van der Waals surface area contributed by atoms with E-state index in [0.29, 0.717) is 42.6 Å². The Kier molecular flexibility index (Phi) is 6.46. The molecule has 1 saturated carbocycles. The van der Waals surface area contributed by atoms with E-state index in [9.17, 15) is 4.79 Å². The van der Waals surface area contributed by atoms with Crippen molar-refractivity contribution in [3.63, 3.8) is 0 Å². The molecule has 3 heterocycles. The van der Waals surface area contributed by atoms with Gasteiger partial charge in [-0.1, -0.05) is 36.4 Å². The van der Waals surface area contributed by atoms with Crippen LogP contribution >= 0.6 is 0 Å². The number of nitrogens with one attached hydrogen (secondary N) is 1. The summed E-state index contributed by atoms with van der Waals surface area (Å²) >= 11 is 0. The maximum Gasteiger partial charge on any atom is 0.248 e. The third-order valence-corrected chi connectivity index (χ3v) is 8.81. The van der Waals surface area contributed by atoms with Gasteiger partial charge in [0.15, 0.2) is 5.82 Å². The van der Waals surface area contributed by atoms with Crippen molar-refractivity contribution in [3.05, 3.63) is 77.0 Å². The number of carbonyl (C=O) groups excluding carboxylic acids is 1. The molecule has 3 aliphatic carbocycles. The number of hydrogen-bond donors (Lipinski definition) is 2. The zero-order valence-corrected chi connectivity index (χ0v) is 23.7. The number of hydrogen-bond acceptors (Lipinski definition) is 7. The summed E-state index contributed by atoms with van der Waals surface area (Å²) in [5, 5.41) is 8.08. The highest BCUT2D eigenvalue weighted by Crippen LogP contribution is 2.52. The fraction of sp³-hybridized carbons (Fsp3) is 0.375. The number of benzene rings is 2. The topological polar surface area (TPSA) is 105 Å². The largest absolute Gasteiger partial charge is 0.368 e. The summed E-state index contributed by atoms with van der Waals surface area (Å²) in [6.07, 6.45) is 5.71. The highest BCUT2D eigenvalue weighted by atomic mass is 16.2. The molecule has 2 aromatic carbocycles. The van der Waals surface area contributed by atoms with Crippen LogP contribution in [0.5, 0.6) is 0 Å². The summed E-state index contributed by atoms with van der Waals surface area (Å²) < 4.78 is 1.65. The van der Waals surface area contributed by atoms with Gasteiger partial charge in [0.2, 0.25) is 17.8 Å². The van der Waals surface area contributed by atoms with Gasteiger partial charge in [-0.05, 0) is 98.1 Å². The lowest BCUT2D eigenvalue weighted by Gasteiger charge is -2.39. The molecule has 0 radical (unpaired) electrons. The minimum absolute atomic E-state index is 0.146. The van der Waals surface area contributed by atoms with Crippen LogP contribution < -0.4 is 11.1 Å². The maximum absolute atomic E-state index is 12.6. The Morgan fingerprint density at radius 2 is 1.78 bits per heavy atom. The van der Waals surface area contributed by atoms with Gasteiger partial charge < -0.3 is 20.9 Å². The second-order valence-electron chi connectivity index (χ2n) is 11.9. The first-order valence-corrected chi connectivity index (χ1v) is 14.6. The molecule has 0 atom stereocenters. The van der Waals surface area contributed by atoms with Gasteiger partial charge in [0, 0.05) is 24.7 Å². The van der Waals surface area contributed by atoms with E-state index in [4.69, 9.17) is 15.8 Å². The van der Waals surface area contributed by atoms with E-state index >= 15 is 0 Å². The lowest BCUT2D eigenvalue weighted by atomic mass is 9.67. The van der Waals surface area contributed by atoms with E-state index in [1.807, 2.05) is 30.0 Å². The molecule has 3 N–H and O–H groups in total. The second-order valence-corrected chi connectivity index (χ2v) is 11.9. The fourth-order valence-electron chi connectivity index (χ4n) is 6.81. The van der Waals surface area contributed by atoms with Crippen LogP contribution in [0.4, 0.5) is 17.6 Å². The van der Waals surface area contributed by atoms with Gasteiger partial charge in [-0.15, -0.1) is 5.10 Å². The molecule has 41 heavy (non-hydrogen) atoms. The first-order valence-electron chi connectivity index (χ1n) is 14.6. The minimum Gasteiger partial charge on any atom is -0.368 e. The van der Waals surface area contributed by atoms with Crippen LogP contribution in [0, 0.1) is 0 Å². The highest BCUT2D eigenvalue weighted by molar-refractivity contribution is 5.78. The van der Waals surface area contributed by atoms with Crippen molar-refractivity contribution >= 4 is 23.5 Å². The predicted octanol–water partition coefficient (Wildman–Crippen LogP) is 4.86.